The number of hydrazine groups is 1. The minimum absolute atomic E-state index is 0.0158. The number of aryl methyl sites for hydroxylation is 1. The van der Waals surface area contributed by atoms with Gasteiger partial charge in [0.15, 0.2) is 11.5 Å². The zero-order valence-corrected chi connectivity index (χ0v) is 33.3. The molecule has 4 aromatic rings. The van der Waals surface area contributed by atoms with Gasteiger partial charge in [0.1, 0.15) is 18.3 Å². The van der Waals surface area contributed by atoms with Crippen LogP contribution in [0.2, 0.25) is 20.1 Å². The van der Waals surface area contributed by atoms with Crippen LogP contribution >= 0.6 is 46.4 Å². The molecular weight excluding hydrogens is 822 g/mol. The summed E-state index contributed by atoms with van der Waals surface area (Å²) in [5.74, 6) is -0.388. The summed E-state index contributed by atoms with van der Waals surface area (Å²) < 4.78 is 46.3. The molecule has 0 saturated carbocycles. The zero-order valence-electron chi connectivity index (χ0n) is 28.7. The molecular formula is C35H31Cl4N6O7S2-. The number of sulfonamides is 1. The number of halogens is 4. The fraction of sp³-hybridized carbons (Fsp3) is 0.171. The molecule has 19 heteroatoms. The molecule has 0 aromatic heterocycles. The Morgan fingerprint density at radius 3 is 2.06 bits per heavy atom. The number of hydrogen-bond donors (Lipinski definition) is 2. The monoisotopic (exact) mass is 851 g/mol. The van der Waals surface area contributed by atoms with Gasteiger partial charge >= 0.3 is 0 Å². The van der Waals surface area contributed by atoms with Gasteiger partial charge in [0.25, 0.3) is 5.91 Å². The summed E-state index contributed by atoms with van der Waals surface area (Å²) in [6.45, 7) is 5.28. The lowest BCUT2D eigenvalue weighted by Crippen LogP contribution is -2.36. The van der Waals surface area contributed by atoms with Crippen molar-refractivity contribution >= 4 is 120 Å². The Bertz CT molecular complexity index is 2220. The maximum absolute atomic E-state index is 13.7. The van der Waals surface area contributed by atoms with Gasteiger partial charge in [-0.15, -0.1) is 0 Å². The third-order valence-electron chi connectivity index (χ3n) is 7.39. The van der Waals surface area contributed by atoms with E-state index in [1.807, 2.05) is 36.9 Å². The highest BCUT2D eigenvalue weighted by molar-refractivity contribution is 7.88. The molecule has 1 atom stereocenters. The third-order valence-corrected chi connectivity index (χ3v) is 9.85. The van der Waals surface area contributed by atoms with E-state index in [0.29, 0.717) is 47.1 Å². The van der Waals surface area contributed by atoms with Crippen molar-refractivity contribution in [1.82, 2.24) is 10.1 Å². The van der Waals surface area contributed by atoms with Crippen molar-refractivity contribution in [2.45, 2.75) is 18.7 Å². The van der Waals surface area contributed by atoms with Crippen LogP contribution in [0.3, 0.4) is 0 Å². The molecule has 5 rings (SSSR count). The lowest BCUT2D eigenvalue weighted by Gasteiger charge is -2.23. The van der Waals surface area contributed by atoms with E-state index in [9.17, 15) is 31.6 Å². The first-order valence-electron chi connectivity index (χ1n) is 15.7. The van der Waals surface area contributed by atoms with Crippen molar-refractivity contribution < 1.29 is 31.6 Å². The number of nitrogens with zero attached hydrogens (tertiary/aromatic N) is 4. The van der Waals surface area contributed by atoms with Crippen LogP contribution in [0.5, 0.6) is 0 Å². The Morgan fingerprint density at radius 1 is 0.907 bits per heavy atom. The fourth-order valence-electron chi connectivity index (χ4n) is 4.91. The molecule has 4 aromatic carbocycles. The van der Waals surface area contributed by atoms with Crippen LogP contribution in [0.4, 0.5) is 22.7 Å². The van der Waals surface area contributed by atoms with Gasteiger partial charge in [0.05, 0.1) is 32.7 Å². The van der Waals surface area contributed by atoms with Gasteiger partial charge in [0, 0.05) is 46.4 Å². The molecule has 54 heavy (non-hydrogen) atoms. The van der Waals surface area contributed by atoms with E-state index in [0.717, 1.165) is 17.5 Å². The molecule has 1 fully saturated rings. The molecule has 1 heterocycles. The van der Waals surface area contributed by atoms with E-state index in [2.05, 4.69) is 20.1 Å². The van der Waals surface area contributed by atoms with E-state index in [1.54, 1.807) is 24.3 Å². The number of benzene rings is 4. The van der Waals surface area contributed by atoms with Crippen LogP contribution in [0.25, 0.3) is 0 Å². The van der Waals surface area contributed by atoms with Gasteiger partial charge in [-0.05, 0) is 97.2 Å². The number of rotatable bonds is 12. The minimum Gasteiger partial charge on any atom is -0.768 e. The average molecular weight is 854 g/mol. The summed E-state index contributed by atoms with van der Waals surface area (Å²) in [4.78, 5) is 45.5. The highest BCUT2D eigenvalue weighted by atomic mass is 35.5. The first-order valence-corrected chi connectivity index (χ1v) is 20.1. The van der Waals surface area contributed by atoms with Crippen molar-refractivity contribution in [3.8, 4) is 0 Å². The van der Waals surface area contributed by atoms with E-state index in [1.165, 1.54) is 35.3 Å². The predicted molar refractivity (Wildman–Crippen MR) is 214 cm³/mol. The molecule has 1 unspecified atom stereocenters. The molecule has 2 N–H and O–H groups in total. The van der Waals surface area contributed by atoms with Crippen LogP contribution in [-0.4, -0.2) is 73.1 Å². The molecule has 1 amide bonds. The van der Waals surface area contributed by atoms with E-state index in [-0.39, 0.29) is 49.8 Å². The lowest BCUT2D eigenvalue weighted by molar-refractivity contribution is -0.112. The van der Waals surface area contributed by atoms with E-state index < -0.39 is 27.0 Å². The standard InChI is InChI=1S/C27H26Cl4N6O3S.C8H6O4S/c1-4-36(12-11-32-41(3,39)40)19-8-6-18(7-9-19)33-24-26(34-23-13-16(2)5-10-20(23)29)35-37(27(24)38)25-21(30)14-17(28)15-22(25)31;9-4-6-1-7(5-10)3-8(2-6)13(11)12/h5-10,13-15,32H,4,11-12H2,1-3H3,(H,34,35);1-5H,(H,11,12)/p-1. The Balaban J connectivity index is 0.000000422. The Hall–Kier alpha value is -4.19. The smallest absolute Gasteiger partial charge is 0.299 e. The normalized spacial score (nSPS) is 14.7. The van der Waals surface area contributed by atoms with E-state index in [4.69, 9.17) is 46.4 Å². The van der Waals surface area contributed by atoms with Crippen molar-refractivity contribution in [2.24, 2.45) is 9.98 Å². The Labute approximate surface area is 334 Å². The van der Waals surface area contributed by atoms with Crippen LogP contribution in [0.15, 0.2) is 87.7 Å². The average Bonchev–Trinajstić information content (AvgIpc) is 3.40. The zero-order chi connectivity index (χ0) is 39.7. The van der Waals surface area contributed by atoms with E-state index >= 15 is 0 Å². The molecule has 0 radical (unpaired) electrons. The number of carbonyl (C=O) groups is 3. The van der Waals surface area contributed by atoms with Crippen molar-refractivity contribution in [3.63, 3.8) is 0 Å². The number of amides is 1. The van der Waals surface area contributed by atoms with Gasteiger partial charge in [-0.2, -0.15) is 0 Å². The second kappa shape index (κ2) is 18.9. The van der Waals surface area contributed by atoms with Gasteiger partial charge in [-0.3, -0.25) is 24.0 Å². The van der Waals surface area contributed by atoms with Crippen molar-refractivity contribution in [1.29, 1.82) is 0 Å². The third kappa shape index (κ3) is 11.4. The quantitative estimate of drug-likeness (QED) is 0.113. The molecule has 0 aliphatic carbocycles. The molecule has 0 bridgehead atoms. The number of hydrogen-bond acceptors (Lipinski definition) is 10. The van der Waals surface area contributed by atoms with Crippen LogP contribution in [0.1, 0.15) is 33.2 Å². The van der Waals surface area contributed by atoms with Gasteiger partial charge in [0.2, 0.25) is 10.0 Å². The van der Waals surface area contributed by atoms with Crippen LogP contribution < -0.4 is 20.1 Å². The summed E-state index contributed by atoms with van der Waals surface area (Å²) in [7, 11) is -3.28. The number of amidine groups is 1. The maximum atomic E-state index is 13.7. The Morgan fingerprint density at radius 2 is 1.52 bits per heavy atom. The first-order chi connectivity index (χ1) is 25.5. The molecule has 1 aliphatic heterocycles. The summed E-state index contributed by atoms with van der Waals surface area (Å²) >= 11 is 22.9. The second-order valence-electron chi connectivity index (χ2n) is 11.4. The first kappa shape index (κ1) is 42.6. The molecule has 1 aliphatic rings. The fourth-order valence-corrected chi connectivity index (χ4v) is 6.98. The molecule has 0 spiro atoms. The summed E-state index contributed by atoms with van der Waals surface area (Å²) in [6, 6.07) is 19.2. The SMILES string of the molecule is CCN(CCNS(C)(=O)=O)c1ccc(N=C2C(=O)N(c3c(Cl)cc(Cl)cc3Cl)NC2=Nc2cc(C)ccc2Cl)cc1.O=Cc1cc(C=O)cc(S(=O)[O-])c1. The van der Waals surface area contributed by atoms with Crippen LogP contribution in [0, 0.1) is 6.92 Å². The van der Waals surface area contributed by atoms with Gasteiger partial charge in [-0.1, -0.05) is 52.5 Å². The number of likely N-dealkylation sites (N-methyl/N-ethyl adjacent to an activating group) is 1. The van der Waals surface area contributed by atoms with Crippen LogP contribution in [-0.2, 0) is 25.9 Å². The van der Waals surface area contributed by atoms with Gasteiger partial charge in [-0.25, -0.2) is 28.1 Å². The number of anilines is 2. The highest BCUT2D eigenvalue weighted by Crippen LogP contribution is 2.37. The highest BCUT2D eigenvalue weighted by Gasteiger charge is 2.37. The summed E-state index contributed by atoms with van der Waals surface area (Å²) in [5, 5.41) is 2.20. The van der Waals surface area contributed by atoms with Gasteiger partial charge < -0.3 is 9.45 Å². The summed E-state index contributed by atoms with van der Waals surface area (Å²) in [6.07, 6.45) is 2.10. The maximum Gasteiger partial charge on any atom is 0.299 e. The van der Waals surface area contributed by atoms with Crippen molar-refractivity contribution in [2.75, 3.05) is 35.8 Å². The Kier molecular flexibility index (Phi) is 14.9. The van der Waals surface area contributed by atoms with Crippen molar-refractivity contribution in [3.05, 3.63) is 110 Å². The predicted octanol–water partition coefficient (Wildman–Crippen LogP) is 6.89. The number of aldehydes is 2. The summed E-state index contributed by atoms with van der Waals surface area (Å²) in [5.41, 5.74) is 6.25. The number of nitrogens with one attached hydrogen (secondary N) is 2. The second-order valence-corrected chi connectivity index (χ2v) is 15.8. The number of carbonyl (C=O) groups excluding carboxylic acids is 3. The molecule has 284 valence electrons. The molecule has 13 nitrogen and oxygen atoms in total. The minimum atomic E-state index is -3.28. The topological polar surface area (TPSA) is 181 Å². The lowest BCUT2D eigenvalue weighted by atomic mass is 10.1. The largest absolute Gasteiger partial charge is 0.768 e. The molecule has 1 saturated heterocycles. The number of aliphatic imine (C=N–C) groups is 2.